The van der Waals surface area contributed by atoms with E-state index < -0.39 is 22.7 Å². The number of pyridine rings is 1. The first-order valence-electron chi connectivity index (χ1n) is 8.95. The van der Waals surface area contributed by atoms with E-state index in [-0.39, 0.29) is 22.7 Å². The number of fused-ring (bicyclic) bond motifs is 1. The van der Waals surface area contributed by atoms with E-state index in [0.29, 0.717) is 18.6 Å². The number of H-pyrrole nitrogens is 1. The Hall–Kier alpha value is -2.52. The highest BCUT2D eigenvalue weighted by molar-refractivity contribution is 7.71. The van der Waals surface area contributed by atoms with Crippen LogP contribution in [0.15, 0.2) is 29.1 Å². The standard InChI is InChI=1S/C20H20F3N3O2S/c1-11-5-6-13(9-12(11)2)15-10-14(20(21,22)23)16-17(24-15)26(7-4-8-28-3)19(29)25-18(16)27/h5-6,9-10H,4,7-8H2,1-3H3,(H,25,27,29). The maximum Gasteiger partial charge on any atom is 0.417 e. The van der Waals surface area contributed by atoms with Crippen LogP contribution in [0.5, 0.6) is 0 Å². The first-order valence-corrected chi connectivity index (χ1v) is 9.36. The summed E-state index contributed by atoms with van der Waals surface area (Å²) in [6.07, 6.45) is -4.22. The second kappa shape index (κ2) is 8.08. The molecule has 9 heteroatoms. The fourth-order valence-electron chi connectivity index (χ4n) is 3.12. The molecular formula is C20H20F3N3O2S. The number of aryl methyl sites for hydroxylation is 3. The molecule has 0 fully saturated rings. The van der Waals surface area contributed by atoms with Gasteiger partial charge in [0.05, 0.1) is 16.6 Å². The number of methoxy groups -OCH3 is 1. The zero-order valence-corrected chi connectivity index (χ0v) is 17.0. The van der Waals surface area contributed by atoms with Crippen LogP contribution in [0.2, 0.25) is 0 Å². The number of nitrogens with one attached hydrogen (secondary N) is 1. The van der Waals surface area contributed by atoms with Crippen molar-refractivity contribution < 1.29 is 17.9 Å². The number of benzene rings is 1. The van der Waals surface area contributed by atoms with E-state index in [1.54, 1.807) is 12.1 Å². The molecule has 0 atom stereocenters. The second-order valence-electron chi connectivity index (χ2n) is 6.81. The fraction of sp³-hybridized carbons (Fsp3) is 0.350. The van der Waals surface area contributed by atoms with E-state index in [1.807, 2.05) is 19.9 Å². The van der Waals surface area contributed by atoms with E-state index in [1.165, 1.54) is 11.7 Å². The largest absolute Gasteiger partial charge is 0.417 e. The summed E-state index contributed by atoms with van der Waals surface area (Å²) in [5.41, 5.74) is 0.596. The smallest absolute Gasteiger partial charge is 0.385 e. The van der Waals surface area contributed by atoms with Gasteiger partial charge in [-0.1, -0.05) is 12.1 Å². The summed E-state index contributed by atoms with van der Waals surface area (Å²) >= 11 is 5.20. The number of hydrogen-bond donors (Lipinski definition) is 1. The molecule has 3 rings (SSSR count). The summed E-state index contributed by atoms with van der Waals surface area (Å²) in [5, 5.41) is -0.517. The van der Waals surface area contributed by atoms with Crippen molar-refractivity contribution in [2.75, 3.05) is 13.7 Å². The van der Waals surface area contributed by atoms with Crippen molar-refractivity contribution in [3.8, 4) is 11.3 Å². The molecule has 0 aliphatic carbocycles. The van der Waals surface area contributed by atoms with Gasteiger partial charge in [0.25, 0.3) is 5.56 Å². The summed E-state index contributed by atoms with van der Waals surface area (Å²) in [5.74, 6) is 0. The lowest BCUT2D eigenvalue weighted by Crippen LogP contribution is -2.21. The molecule has 154 valence electrons. The summed E-state index contributed by atoms with van der Waals surface area (Å²) in [6, 6.07) is 6.24. The van der Waals surface area contributed by atoms with Crippen molar-refractivity contribution in [3.05, 3.63) is 56.1 Å². The highest BCUT2D eigenvalue weighted by Gasteiger charge is 2.35. The van der Waals surface area contributed by atoms with Crippen LogP contribution < -0.4 is 5.56 Å². The number of hydrogen-bond acceptors (Lipinski definition) is 4. The SMILES string of the molecule is COCCCn1c(=S)[nH]c(=O)c2c(C(F)(F)F)cc(-c3ccc(C)c(C)c3)nc21. The van der Waals surface area contributed by atoms with Crippen LogP contribution in [-0.2, 0) is 17.5 Å². The first-order chi connectivity index (χ1) is 13.6. The molecule has 0 saturated carbocycles. The van der Waals surface area contributed by atoms with Crippen LogP contribution in [0.3, 0.4) is 0 Å². The maximum absolute atomic E-state index is 13.8. The number of alkyl halides is 3. The molecule has 0 saturated heterocycles. The third-order valence-electron chi connectivity index (χ3n) is 4.79. The lowest BCUT2D eigenvalue weighted by molar-refractivity contribution is -0.136. The fourth-order valence-corrected chi connectivity index (χ4v) is 3.39. The highest BCUT2D eigenvalue weighted by atomic mass is 32.1. The number of ether oxygens (including phenoxy) is 1. The van der Waals surface area contributed by atoms with Crippen molar-refractivity contribution in [1.29, 1.82) is 0 Å². The molecule has 3 aromatic rings. The van der Waals surface area contributed by atoms with E-state index in [2.05, 4.69) is 9.97 Å². The quantitative estimate of drug-likeness (QED) is 0.473. The van der Waals surface area contributed by atoms with E-state index in [4.69, 9.17) is 17.0 Å². The second-order valence-corrected chi connectivity index (χ2v) is 7.19. The number of halogens is 3. The van der Waals surface area contributed by atoms with Crippen molar-refractivity contribution >= 4 is 23.3 Å². The van der Waals surface area contributed by atoms with Gasteiger partial charge in [-0.3, -0.25) is 9.78 Å². The third-order valence-corrected chi connectivity index (χ3v) is 5.11. The first kappa shape index (κ1) is 21.2. The molecule has 1 aromatic carbocycles. The maximum atomic E-state index is 13.8. The average Bonchev–Trinajstić information content (AvgIpc) is 2.65. The minimum absolute atomic E-state index is 0.0245. The van der Waals surface area contributed by atoms with Crippen LogP contribution >= 0.6 is 12.2 Å². The Morgan fingerprint density at radius 1 is 1.21 bits per heavy atom. The van der Waals surface area contributed by atoms with Gasteiger partial charge >= 0.3 is 6.18 Å². The van der Waals surface area contributed by atoms with Gasteiger partial charge < -0.3 is 9.30 Å². The Balaban J connectivity index is 2.37. The van der Waals surface area contributed by atoms with Gasteiger partial charge in [-0.2, -0.15) is 13.2 Å². The van der Waals surface area contributed by atoms with E-state index >= 15 is 0 Å². The van der Waals surface area contributed by atoms with E-state index in [0.717, 1.165) is 17.2 Å². The lowest BCUT2D eigenvalue weighted by atomic mass is 10.0. The van der Waals surface area contributed by atoms with Crippen LogP contribution in [0, 0.1) is 18.6 Å². The molecule has 2 heterocycles. The summed E-state index contributed by atoms with van der Waals surface area (Å²) < 4.78 is 48.0. The molecule has 0 aliphatic heterocycles. The van der Waals surface area contributed by atoms with Crippen molar-refractivity contribution in [2.24, 2.45) is 0 Å². The van der Waals surface area contributed by atoms with Gasteiger partial charge in [-0.25, -0.2) is 4.98 Å². The molecule has 5 nitrogen and oxygen atoms in total. The van der Waals surface area contributed by atoms with Crippen molar-refractivity contribution in [2.45, 2.75) is 33.0 Å². The van der Waals surface area contributed by atoms with Gasteiger partial charge in [0.2, 0.25) is 0 Å². The molecule has 0 radical (unpaired) electrons. The molecular weight excluding hydrogens is 403 g/mol. The minimum atomic E-state index is -4.73. The molecule has 0 aliphatic rings. The topological polar surface area (TPSA) is 59.9 Å². The number of rotatable bonds is 5. The van der Waals surface area contributed by atoms with Crippen molar-refractivity contribution in [1.82, 2.24) is 14.5 Å². The Morgan fingerprint density at radius 3 is 2.55 bits per heavy atom. The summed E-state index contributed by atoms with van der Waals surface area (Å²) in [4.78, 5) is 19.2. The monoisotopic (exact) mass is 423 g/mol. The number of aromatic amines is 1. The van der Waals surface area contributed by atoms with Gasteiger partial charge in [0, 0.05) is 25.8 Å². The van der Waals surface area contributed by atoms with Crippen molar-refractivity contribution in [3.63, 3.8) is 0 Å². The predicted octanol–water partition coefficient (Wildman–Crippen LogP) is 4.79. The zero-order valence-electron chi connectivity index (χ0n) is 16.2. The molecule has 2 aromatic heterocycles. The molecule has 0 spiro atoms. The molecule has 0 amide bonds. The highest BCUT2D eigenvalue weighted by Crippen LogP contribution is 2.35. The number of aromatic nitrogens is 3. The molecule has 0 unspecified atom stereocenters. The van der Waals surface area contributed by atoms with Gasteiger partial charge in [-0.15, -0.1) is 0 Å². The van der Waals surface area contributed by atoms with E-state index in [9.17, 15) is 18.0 Å². The average molecular weight is 423 g/mol. The Kier molecular flexibility index (Phi) is 5.90. The molecule has 1 N–H and O–H groups in total. The lowest BCUT2D eigenvalue weighted by Gasteiger charge is -2.16. The summed E-state index contributed by atoms with van der Waals surface area (Å²) in [7, 11) is 1.53. The predicted molar refractivity (Wildman–Crippen MR) is 108 cm³/mol. The molecule has 0 bridgehead atoms. The van der Waals surface area contributed by atoms with Crippen LogP contribution in [-0.4, -0.2) is 28.3 Å². The minimum Gasteiger partial charge on any atom is -0.385 e. The van der Waals surface area contributed by atoms with Gasteiger partial charge in [-0.05, 0) is 55.7 Å². The Morgan fingerprint density at radius 2 is 1.93 bits per heavy atom. The summed E-state index contributed by atoms with van der Waals surface area (Å²) in [6.45, 7) is 4.45. The van der Waals surface area contributed by atoms with Gasteiger partial charge in [0.1, 0.15) is 5.65 Å². The molecule has 29 heavy (non-hydrogen) atoms. The number of nitrogens with zero attached hydrogens (tertiary/aromatic N) is 2. The van der Waals surface area contributed by atoms with Gasteiger partial charge in [0.15, 0.2) is 4.77 Å². The Labute approximate surface area is 170 Å². The normalized spacial score (nSPS) is 11.9. The van der Waals surface area contributed by atoms with Crippen LogP contribution in [0.4, 0.5) is 13.2 Å². The van der Waals surface area contributed by atoms with Crippen LogP contribution in [0.1, 0.15) is 23.1 Å². The third kappa shape index (κ3) is 4.25. The zero-order chi connectivity index (χ0) is 21.3. The van der Waals surface area contributed by atoms with Crippen LogP contribution in [0.25, 0.3) is 22.3 Å². The Bertz CT molecular complexity index is 1180.